The molecular formula is C28H31N3O5. The van der Waals surface area contributed by atoms with Crippen LogP contribution in [-0.4, -0.2) is 60.5 Å². The molecule has 0 aliphatic carbocycles. The predicted molar refractivity (Wildman–Crippen MR) is 135 cm³/mol. The van der Waals surface area contributed by atoms with E-state index in [0.717, 1.165) is 5.56 Å². The number of carbonyl (C=O) groups excluding carboxylic acids is 3. The molecule has 0 unspecified atom stereocenters. The maximum Gasteiger partial charge on any atom is 0.246 e. The second kappa shape index (κ2) is 10.8. The number of piperidine rings is 2. The molecule has 8 heteroatoms. The highest BCUT2D eigenvalue weighted by atomic mass is 16.7. The van der Waals surface area contributed by atoms with E-state index in [0.29, 0.717) is 69.0 Å². The van der Waals surface area contributed by atoms with Crippen molar-refractivity contribution >= 4 is 29.5 Å². The number of amides is 3. The summed E-state index contributed by atoms with van der Waals surface area (Å²) in [5.41, 5.74) is 1.67. The molecule has 3 amide bonds. The maximum absolute atomic E-state index is 13.1. The highest BCUT2D eigenvalue weighted by Gasteiger charge is 2.33. The van der Waals surface area contributed by atoms with Crippen LogP contribution < -0.4 is 14.8 Å². The number of benzene rings is 2. The average molecular weight is 490 g/mol. The summed E-state index contributed by atoms with van der Waals surface area (Å²) >= 11 is 0. The van der Waals surface area contributed by atoms with Crippen molar-refractivity contribution in [3.63, 3.8) is 0 Å². The maximum atomic E-state index is 13.1. The predicted octanol–water partition coefficient (Wildman–Crippen LogP) is 3.54. The van der Waals surface area contributed by atoms with E-state index >= 15 is 0 Å². The molecular weight excluding hydrogens is 458 g/mol. The van der Waals surface area contributed by atoms with Gasteiger partial charge in [0.1, 0.15) is 0 Å². The van der Waals surface area contributed by atoms with Crippen LogP contribution in [0.5, 0.6) is 11.5 Å². The highest BCUT2D eigenvalue weighted by molar-refractivity contribution is 5.93. The average Bonchev–Trinajstić information content (AvgIpc) is 3.40. The Kier molecular flexibility index (Phi) is 7.21. The molecule has 0 atom stereocenters. The van der Waals surface area contributed by atoms with Gasteiger partial charge in [-0.3, -0.25) is 14.4 Å². The number of rotatable bonds is 5. The van der Waals surface area contributed by atoms with Gasteiger partial charge in [-0.25, -0.2) is 0 Å². The molecule has 3 heterocycles. The van der Waals surface area contributed by atoms with Crippen molar-refractivity contribution in [2.24, 2.45) is 11.8 Å². The fourth-order valence-electron chi connectivity index (χ4n) is 5.02. The number of likely N-dealkylation sites (tertiary alicyclic amines) is 2. The summed E-state index contributed by atoms with van der Waals surface area (Å²) in [5.74, 6) is 1.22. The number of carbonyl (C=O) groups is 3. The molecule has 0 bridgehead atoms. The molecule has 2 aromatic rings. The quantitative estimate of drug-likeness (QED) is 0.649. The standard InChI is InChI=1S/C28H31N3O5/c32-26(9-6-20-4-2-1-3-5-20)30-14-12-22(13-15-30)28(34)31-16-10-21(11-17-31)27(33)29-23-7-8-24-25(18-23)36-19-35-24/h1-9,18,21-22H,10-17,19H2,(H,29,33)/b9-6+. The normalized spacial score (nSPS) is 18.4. The summed E-state index contributed by atoms with van der Waals surface area (Å²) in [5, 5.41) is 2.96. The molecule has 2 saturated heterocycles. The van der Waals surface area contributed by atoms with Gasteiger partial charge in [-0.1, -0.05) is 30.3 Å². The van der Waals surface area contributed by atoms with Crippen molar-refractivity contribution in [1.29, 1.82) is 0 Å². The number of nitrogens with zero attached hydrogens (tertiary/aromatic N) is 2. The van der Waals surface area contributed by atoms with Crippen LogP contribution in [0.25, 0.3) is 6.08 Å². The zero-order valence-electron chi connectivity index (χ0n) is 20.2. The van der Waals surface area contributed by atoms with E-state index in [1.807, 2.05) is 46.2 Å². The molecule has 5 rings (SSSR count). The van der Waals surface area contributed by atoms with Crippen molar-refractivity contribution in [3.05, 3.63) is 60.2 Å². The minimum atomic E-state index is -0.129. The van der Waals surface area contributed by atoms with Crippen LogP contribution in [0.1, 0.15) is 31.2 Å². The molecule has 0 aromatic heterocycles. The van der Waals surface area contributed by atoms with Crippen molar-refractivity contribution in [2.75, 3.05) is 38.3 Å². The second-order valence-electron chi connectivity index (χ2n) is 9.50. The van der Waals surface area contributed by atoms with Gasteiger partial charge in [0.2, 0.25) is 24.5 Å². The summed E-state index contributed by atoms with van der Waals surface area (Å²) in [4.78, 5) is 42.1. The van der Waals surface area contributed by atoms with E-state index in [9.17, 15) is 14.4 Å². The Hall–Kier alpha value is -3.81. The van der Waals surface area contributed by atoms with Gasteiger partial charge < -0.3 is 24.6 Å². The van der Waals surface area contributed by atoms with Gasteiger partial charge in [0.15, 0.2) is 11.5 Å². The van der Waals surface area contributed by atoms with E-state index in [-0.39, 0.29) is 36.4 Å². The van der Waals surface area contributed by atoms with Crippen LogP contribution >= 0.6 is 0 Å². The first-order valence-electron chi connectivity index (χ1n) is 12.6. The van der Waals surface area contributed by atoms with Crippen LogP contribution in [0.4, 0.5) is 5.69 Å². The fourth-order valence-corrected chi connectivity index (χ4v) is 5.02. The lowest BCUT2D eigenvalue weighted by Crippen LogP contribution is -2.47. The van der Waals surface area contributed by atoms with Crippen molar-refractivity contribution in [2.45, 2.75) is 25.7 Å². The Morgan fingerprint density at radius 3 is 2.22 bits per heavy atom. The lowest BCUT2D eigenvalue weighted by molar-refractivity contribution is -0.141. The summed E-state index contributed by atoms with van der Waals surface area (Å²) in [6, 6.07) is 15.1. The third-order valence-electron chi connectivity index (χ3n) is 7.19. The number of ether oxygens (including phenoxy) is 2. The Morgan fingerprint density at radius 2 is 1.47 bits per heavy atom. The molecule has 0 radical (unpaired) electrons. The van der Waals surface area contributed by atoms with Crippen LogP contribution in [-0.2, 0) is 14.4 Å². The number of anilines is 1. The number of hydrogen-bond donors (Lipinski definition) is 1. The van der Waals surface area contributed by atoms with Gasteiger partial charge in [-0.05, 0) is 49.5 Å². The first-order chi connectivity index (χ1) is 17.6. The summed E-state index contributed by atoms with van der Waals surface area (Å²) in [6.45, 7) is 2.53. The van der Waals surface area contributed by atoms with Gasteiger partial charge in [-0.2, -0.15) is 0 Å². The second-order valence-corrected chi connectivity index (χ2v) is 9.50. The molecule has 3 aliphatic rings. The van der Waals surface area contributed by atoms with E-state index in [4.69, 9.17) is 9.47 Å². The molecule has 36 heavy (non-hydrogen) atoms. The lowest BCUT2D eigenvalue weighted by Gasteiger charge is -2.36. The highest BCUT2D eigenvalue weighted by Crippen LogP contribution is 2.34. The Balaban J connectivity index is 1.06. The monoisotopic (exact) mass is 489 g/mol. The van der Waals surface area contributed by atoms with Gasteiger partial charge >= 0.3 is 0 Å². The molecule has 0 spiro atoms. The van der Waals surface area contributed by atoms with Gasteiger partial charge in [-0.15, -0.1) is 0 Å². The topological polar surface area (TPSA) is 88.2 Å². The van der Waals surface area contributed by atoms with Gasteiger partial charge in [0, 0.05) is 55.8 Å². The smallest absolute Gasteiger partial charge is 0.246 e. The third-order valence-corrected chi connectivity index (χ3v) is 7.19. The van der Waals surface area contributed by atoms with Crippen LogP contribution in [0.2, 0.25) is 0 Å². The first-order valence-corrected chi connectivity index (χ1v) is 12.6. The van der Waals surface area contributed by atoms with Crippen molar-refractivity contribution in [3.8, 4) is 11.5 Å². The lowest BCUT2D eigenvalue weighted by atomic mass is 9.91. The SMILES string of the molecule is O=C(Nc1ccc2c(c1)OCO2)C1CCN(C(=O)C2CCN(C(=O)/C=C/c3ccccc3)CC2)CC1. The molecule has 8 nitrogen and oxygen atoms in total. The molecule has 1 N–H and O–H groups in total. The molecule has 188 valence electrons. The summed E-state index contributed by atoms with van der Waals surface area (Å²) in [7, 11) is 0. The van der Waals surface area contributed by atoms with E-state index in [1.54, 1.807) is 24.3 Å². The van der Waals surface area contributed by atoms with Crippen LogP contribution in [0.15, 0.2) is 54.6 Å². The fraction of sp³-hybridized carbons (Fsp3) is 0.393. The Bertz CT molecular complexity index is 1130. The zero-order valence-corrected chi connectivity index (χ0v) is 20.2. The van der Waals surface area contributed by atoms with Gasteiger partial charge in [0.25, 0.3) is 0 Å². The van der Waals surface area contributed by atoms with Crippen LogP contribution in [0, 0.1) is 11.8 Å². The Morgan fingerprint density at radius 1 is 0.806 bits per heavy atom. The van der Waals surface area contributed by atoms with Crippen molar-refractivity contribution in [1.82, 2.24) is 9.80 Å². The minimum absolute atomic E-state index is 0.0148. The van der Waals surface area contributed by atoms with Crippen molar-refractivity contribution < 1.29 is 23.9 Å². The number of fused-ring (bicyclic) bond motifs is 1. The minimum Gasteiger partial charge on any atom is -0.454 e. The van der Waals surface area contributed by atoms with Gasteiger partial charge in [0.05, 0.1) is 0 Å². The molecule has 3 aliphatic heterocycles. The first kappa shape index (κ1) is 23.9. The number of hydrogen-bond acceptors (Lipinski definition) is 5. The Labute approximate surface area is 210 Å². The molecule has 0 saturated carbocycles. The van der Waals surface area contributed by atoms with E-state index in [2.05, 4.69) is 5.32 Å². The zero-order chi connectivity index (χ0) is 24.9. The van der Waals surface area contributed by atoms with E-state index in [1.165, 1.54) is 0 Å². The van der Waals surface area contributed by atoms with E-state index < -0.39 is 0 Å². The largest absolute Gasteiger partial charge is 0.454 e. The molecule has 2 fully saturated rings. The summed E-state index contributed by atoms with van der Waals surface area (Å²) < 4.78 is 10.7. The third kappa shape index (κ3) is 5.53. The number of nitrogens with one attached hydrogen (secondary N) is 1. The molecule has 2 aromatic carbocycles. The summed E-state index contributed by atoms with van der Waals surface area (Å²) in [6.07, 6.45) is 6.07. The van der Waals surface area contributed by atoms with Crippen LogP contribution in [0.3, 0.4) is 0 Å².